The van der Waals surface area contributed by atoms with Crippen molar-refractivity contribution in [3.63, 3.8) is 0 Å². The first-order valence-corrected chi connectivity index (χ1v) is 6.79. The summed E-state index contributed by atoms with van der Waals surface area (Å²) in [7, 11) is 1.61. The summed E-state index contributed by atoms with van der Waals surface area (Å²) in [5, 5.41) is 2.63. The number of likely N-dealkylation sites (N-methyl/N-ethyl adjacent to an activating group) is 1. The summed E-state index contributed by atoms with van der Waals surface area (Å²) in [5.41, 5.74) is 5.30. The van der Waals surface area contributed by atoms with Crippen LogP contribution in [-0.2, 0) is 9.59 Å². The summed E-state index contributed by atoms with van der Waals surface area (Å²) in [6, 6.07) is -0.313. The molecule has 0 spiro atoms. The van der Waals surface area contributed by atoms with Gasteiger partial charge in [-0.1, -0.05) is 13.8 Å². The van der Waals surface area contributed by atoms with Crippen LogP contribution in [0, 0.1) is 5.41 Å². The Balaban J connectivity index is 2.91. The second kappa shape index (κ2) is 6.18. The maximum atomic E-state index is 12.7. The lowest BCUT2D eigenvalue weighted by molar-refractivity contribution is -0.146. The Hall–Kier alpha value is -1.10. The minimum absolute atomic E-state index is 0.0427. The second-order valence-electron chi connectivity index (χ2n) is 4.96. The third kappa shape index (κ3) is 2.51. The molecule has 3 N–H and O–H groups in total. The first kappa shape index (κ1) is 15.0. The molecule has 1 heterocycles. The first-order chi connectivity index (χ1) is 8.56. The highest BCUT2D eigenvalue weighted by Crippen LogP contribution is 2.31. The van der Waals surface area contributed by atoms with Crippen molar-refractivity contribution in [2.45, 2.75) is 45.6 Å². The normalized spacial score (nSPS) is 20.0. The molecule has 1 saturated heterocycles. The number of carbonyl (C=O) groups excluding carboxylic acids is 2. The summed E-state index contributed by atoms with van der Waals surface area (Å²) in [6.07, 6.45) is 3.07. The average Bonchev–Trinajstić information content (AvgIpc) is 2.89. The lowest BCUT2D eigenvalue weighted by atomic mass is 9.80. The van der Waals surface area contributed by atoms with Gasteiger partial charge in [-0.2, -0.15) is 0 Å². The molecule has 1 rings (SSSR count). The van der Waals surface area contributed by atoms with E-state index in [1.807, 2.05) is 13.8 Å². The van der Waals surface area contributed by atoms with Gasteiger partial charge in [-0.3, -0.25) is 9.59 Å². The third-order valence-electron chi connectivity index (χ3n) is 4.26. The van der Waals surface area contributed by atoms with Gasteiger partial charge >= 0.3 is 0 Å². The van der Waals surface area contributed by atoms with Crippen molar-refractivity contribution in [3.05, 3.63) is 0 Å². The number of carbonyl (C=O) groups is 2. The van der Waals surface area contributed by atoms with Crippen molar-refractivity contribution in [3.8, 4) is 0 Å². The van der Waals surface area contributed by atoms with Crippen molar-refractivity contribution < 1.29 is 9.59 Å². The molecule has 1 fully saturated rings. The van der Waals surface area contributed by atoms with Gasteiger partial charge in [0.2, 0.25) is 11.8 Å². The Labute approximate surface area is 109 Å². The van der Waals surface area contributed by atoms with Gasteiger partial charge in [-0.15, -0.1) is 0 Å². The van der Waals surface area contributed by atoms with Gasteiger partial charge in [0.1, 0.15) is 6.04 Å². The minimum atomic E-state index is -0.503. The van der Waals surface area contributed by atoms with E-state index in [0.29, 0.717) is 13.1 Å². The second-order valence-corrected chi connectivity index (χ2v) is 4.96. The van der Waals surface area contributed by atoms with E-state index in [1.54, 1.807) is 11.9 Å². The van der Waals surface area contributed by atoms with E-state index in [4.69, 9.17) is 5.73 Å². The van der Waals surface area contributed by atoms with Crippen molar-refractivity contribution in [1.29, 1.82) is 0 Å². The highest BCUT2D eigenvalue weighted by molar-refractivity contribution is 5.90. The molecule has 0 saturated carbocycles. The molecule has 1 atom stereocenters. The van der Waals surface area contributed by atoms with Gasteiger partial charge in [0.05, 0.1) is 5.41 Å². The average molecular weight is 255 g/mol. The number of hydrogen-bond donors (Lipinski definition) is 2. The maximum absolute atomic E-state index is 12.7. The quantitative estimate of drug-likeness (QED) is 0.750. The number of rotatable bonds is 5. The van der Waals surface area contributed by atoms with Crippen molar-refractivity contribution in [2.24, 2.45) is 11.1 Å². The van der Waals surface area contributed by atoms with Crippen molar-refractivity contribution in [1.82, 2.24) is 10.2 Å². The summed E-state index contributed by atoms with van der Waals surface area (Å²) in [4.78, 5) is 26.2. The Morgan fingerprint density at radius 2 is 2.00 bits per heavy atom. The Morgan fingerprint density at radius 3 is 2.44 bits per heavy atom. The molecule has 104 valence electrons. The largest absolute Gasteiger partial charge is 0.357 e. The van der Waals surface area contributed by atoms with E-state index in [0.717, 1.165) is 25.7 Å². The summed E-state index contributed by atoms with van der Waals surface area (Å²) < 4.78 is 0. The van der Waals surface area contributed by atoms with E-state index in [1.165, 1.54) is 0 Å². The molecule has 0 aliphatic carbocycles. The topological polar surface area (TPSA) is 75.4 Å². The van der Waals surface area contributed by atoms with Gasteiger partial charge < -0.3 is 16.0 Å². The molecule has 0 aromatic heterocycles. The molecule has 18 heavy (non-hydrogen) atoms. The number of nitrogens with one attached hydrogen (secondary N) is 1. The fourth-order valence-electron chi connectivity index (χ4n) is 2.68. The van der Waals surface area contributed by atoms with Crippen molar-refractivity contribution in [2.75, 3.05) is 20.1 Å². The smallest absolute Gasteiger partial charge is 0.242 e. The number of nitrogens with two attached hydrogens (primary N) is 1. The molecule has 1 aliphatic rings. The van der Waals surface area contributed by atoms with E-state index in [-0.39, 0.29) is 17.9 Å². The van der Waals surface area contributed by atoms with Crippen LogP contribution in [0.4, 0.5) is 0 Å². The van der Waals surface area contributed by atoms with Gasteiger partial charge in [0, 0.05) is 20.1 Å². The van der Waals surface area contributed by atoms with Gasteiger partial charge in [-0.25, -0.2) is 0 Å². The molecule has 0 bridgehead atoms. The molecule has 2 amide bonds. The fourth-order valence-corrected chi connectivity index (χ4v) is 2.68. The van der Waals surface area contributed by atoms with Crippen LogP contribution in [0.15, 0.2) is 0 Å². The lowest BCUT2D eigenvalue weighted by Gasteiger charge is -2.35. The standard InChI is InChI=1S/C13H25N3O2/c1-4-13(5-2,9-14)12(18)16-8-6-7-10(16)11(17)15-3/h10H,4-9,14H2,1-3H3,(H,15,17). The zero-order valence-electron chi connectivity index (χ0n) is 11.7. The van der Waals surface area contributed by atoms with Crippen LogP contribution >= 0.6 is 0 Å². The number of nitrogens with zero attached hydrogens (tertiary/aromatic N) is 1. The van der Waals surface area contributed by atoms with E-state index in [2.05, 4.69) is 5.32 Å². The zero-order valence-corrected chi connectivity index (χ0v) is 11.7. The monoisotopic (exact) mass is 255 g/mol. The van der Waals surface area contributed by atoms with Gasteiger partial charge in [-0.05, 0) is 25.7 Å². The highest BCUT2D eigenvalue weighted by Gasteiger charge is 2.42. The van der Waals surface area contributed by atoms with E-state index in [9.17, 15) is 9.59 Å². The maximum Gasteiger partial charge on any atom is 0.242 e. The molecule has 5 heteroatoms. The van der Waals surface area contributed by atoms with E-state index >= 15 is 0 Å². The summed E-state index contributed by atoms with van der Waals surface area (Å²) in [5.74, 6) is -0.0277. The SMILES string of the molecule is CCC(CC)(CN)C(=O)N1CCCC1C(=O)NC. The fraction of sp³-hybridized carbons (Fsp3) is 0.846. The van der Waals surface area contributed by atoms with Gasteiger partial charge in [0.15, 0.2) is 0 Å². The molecule has 1 aliphatic heterocycles. The number of amides is 2. The molecule has 0 radical (unpaired) electrons. The predicted molar refractivity (Wildman–Crippen MR) is 70.9 cm³/mol. The molecule has 0 aromatic rings. The van der Waals surface area contributed by atoms with Crippen LogP contribution in [0.25, 0.3) is 0 Å². The molecular weight excluding hydrogens is 230 g/mol. The predicted octanol–water partition coefficient (Wildman–Crippen LogP) is 0.489. The van der Waals surface area contributed by atoms with Crippen molar-refractivity contribution >= 4 is 11.8 Å². The van der Waals surface area contributed by atoms with Crippen LogP contribution in [0.2, 0.25) is 0 Å². The Kier molecular flexibility index (Phi) is 5.14. The highest BCUT2D eigenvalue weighted by atomic mass is 16.2. The van der Waals surface area contributed by atoms with Crippen LogP contribution in [0.3, 0.4) is 0 Å². The minimum Gasteiger partial charge on any atom is -0.357 e. The van der Waals surface area contributed by atoms with Crippen LogP contribution < -0.4 is 11.1 Å². The molecular formula is C13H25N3O2. The van der Waals surface area contributed by atoms with Gasteiger partial charge in [0.25, 0.3) is 0 Å². The van der Waals surface area contributed by atoms with Crippen LogP contribution in [0.5, 0.6) is 0 Å². The summed E-state index contributed by atoms with van der Waals surface area (Å²) >= 11 is 0. The molecule has 1 unspecified atom stereocenters. The third-order valence-corrected chi connectivity index (χ3v) is 4.26. The zero-order chi connectivity index (χ0) is 13.8. The van der Waals surface area contributed by atoms with E-state index < -0.39 is 5.41 Å². The summed E-state index contributed by atoms with van der Waals surface area (Å²) in [6.45, 7) is 4.98. The lowest BCUT2D eigenvalue weighted by Crippen LogP contribution is -2.52. The number of likely N-dealkylation sites (tertiary alicyclic amines) is 1. The Bertz CT molecular complexity index is 305. The molecule has 0 aromatic carbocycles. The van der Waals surface area contributed by atoms with Crippen LogP contribution in [-0.4, -0.2) is 42.9 Å². The number of hydrogen-bond acceptors (Lipinski definition) is 3. The Morgan fingerprint density at radius 1 is 1.39 bits per heavy atom. The molecule has 5 nitrogen and oxygen atoms in total. The first-order valence-electron chi connectivity index (χ1n) is 6.79. The van der Waals surface area contributed by atoms with Crippen LogP contribution in [0.1, 0.15) is 39.5 Å².